The normalized spacial score (nSPS) is 12.1. The molecule has 0 bridgehead atoms. The zero-order valence-corrected chi connectivity index (χ0v) is 16.5. The van der Waals surface area contributed by atoms with Gasteiger partial charge >= 0.3 is 5.97 Å². The fourth-order valence-corrected chi connectivity index (χ4v) is 3.04. The summed E-state index contributed by atoms with van der Waals surface area (Å²) in [5, 5.41) is 7.17. The number of fused-ring (bicyclic) bond motifs is 1. The number of ether oxygens (including phenoxy) is 1. The fourth-order valence-electron chi connectivity index (χ4n) is 3.04. The van der Waals surface area contributed by atoms with Gasteiger partial charge in [0.1, 0.15) is 24.3 Å². The number of carbonyl (C=O) groups is 2. The maximum absolute atomic E-state index is 12.8. The summed E-state index contributed by atoms with van der Waals surface area (Å²) in [6, 6.07) is 8.56. The third kappa shape index (κ3) is 4.50. The molecule has 2 aromatic heterocycles. The van der Waals surface area contributed by atoms with Crippen LogP contribution in [0.4, 0.5) is 0 Å². The number of carbonyl (C=O) groups excluding carboxylic acids is 2. The second kappa shape index (κ2) is 8.68. The van der Waals surface area contributed by atoms with E-state index >= 15 is 0 Å². The van der Waals surface area contributed by atoms with Crippen molar-refractivity contribution in [3.63, 3.8) is 0 Å². The summed E-state index contributed by atoms with van der Waals surface area (Å²) in [5.41, 5.74) is 0.801. The summed E-state index contributed by atoms with van der Waals surface area (Å²) in [6.07, 6.45) is 3.18. The number of nitrogens with one attached hydrogen (secondary N) is 1. The number of nitrogens with zero attached hydrogens (tertiary/aromatic N) is 4. The summed E-state index contributed by atoms with van der Waals surface area (Å²) < 4.78 is 7.50. The number of para-hydroxylation sites is 1. The van der Waals surface area contributed by atoms with Crippen molar-refractivity contribution in [2.24, 2.45) is 5.92 Å². The van der Waals surface area contributed by atoms with Gasteiger partial charge in [-0.2, -0.15) is 5.10 Å². The number of benzene rings is 1. The van der Waals surface area contributed by atoms with E-state index in [1.807, 2.05) is 44.2 Å². The van der Waals surface area contributed by atoms with E-state index in [9.17, 15) is 14.4 Å². The Balaban J connectivity index is 1.82. The molecule has 0 spiro atoms. The number of esters is 1. The molecular formula is C20H23N5O4. The average Bonchev–Trinajstić information content (AvgIpc) is 3.14. The summed E-state index contributed by atoms with van der Waals surface area (Å²) in [4.78, 5) is 41.4. The van der Waals surface area contributed by atoms with E-state index in [1.54, 1.807) is 4.68 Å². The maximum Gasteiger partial charge on any atom is 0.328 e. The number of amides is 1. The standard InChI is InChI=1S/C20H23N5O4/c1-13(2)9-16(20(28)29-3)23-17(26)11-24-12-21-18-15(19(24)27)10-22-25(18)14-7-5-4-6-8-14/h4-8,10,12-13,16H,9,11H2,1-3H3,(H,23,26)/t16-/m1/s1. The lowest BCUT2D eigenvalue weighted by atomic mass is 10.0. The molecule has 3 rings (SSSR count). The van der Waals surface area contributed by atoms with E-state index in [1.165, 1.54) is 24.2 Å². The summed E-state index contributed by atoms with van der Waals surface area (Å²) in [7, 11) is 1.27. The first-order valence-electron chi connectivity index (χ1n) is 9.26. The molecule has 0 radical (unpaired) electrons. The minimum Gasteiger partial charge on any atom is -0.467 e. The Morgan fingerprint density at radius 2 is 1.93 bits per heavy atom. The molecule has 0 aliphatic carbocycles. The molecule has 2 heterocycles. The van der Waals surface area contributed by atoms with E-state index in [4.69, 9.17) is 4.74 Å². The van der Waals surface area contributed by atoms with Crippen molar-refractivity contribution in [2.75, 3.05) is 7.11 Å². The summed E-state index contributed by atoms with van der Waals surface area (Å²) in [6.45, 7) is 3.62. The molecule has 1 N–H and O–H groups in total. The maximum atomic E-state index is 12.8. The fraction of sp³-hybridized carbons (Fsp3) is 0.350. The third-order valence-corrected chi connectivity index (χ3v) is 4.40. The van der Waals surface area contributed by atoms with Crippen LogP contribution >= 0.6 is 0 Å². The highest BCUT2D eigenvalue weighted by Gasteiger charge is 2.23. The summed E-state index contributed by atoms with van der Waals surface area (Å²) in [5.74, 6) is -0.805. The van der Waals surface area contributed by atoms with E-state index in [2.05, 4.69) is 15.4 Å². The molecule has 152 valence electrons. The molecule has 0 saturated carbocycles. The first-order valence-corrected chi connectivity index (χ1v) is 9.26. The summed E-state index contributed by atoms with van der Waals surface area (Å²) >= 11 is 0. The quantitative estimate of drug-likeness (QED) is 0.602. The minimum absolute atomic E-state index is 0.184. The number of hydrogen-bond acceptors (Lipinski definition) is 6. The topological polar surface area (TPSA) is 108 Å². The molecule has 9 nitrogen and oxygen atoms in total. The third-order valence-electron chi connectivity index (χ3n) is 4.40. The highest BCUT2D eigenvalue weighted by molar-refractivity contribution is 5.84. The molecule has 29 heavy (non-hydrogen) atoms. The number of methoxy groups -OCH3 is 1. The second-order valence-corrected chi connectivity index (χ2v) is 7.08. The second-order valence-electron chi connectivity index (χ2n) is 7.08. The van der Waals surface area contributed by atoms with E-state index < -0.39 is 17.9 Å². The first kappa shape index (κ1) is 20.2. The lowest BCUT2D eigenvalue weighted by Gasteiger charge is -2.18. The van der Waals surface area contributed by atoms with Crippen molar-refractivity contribution in [2.45, 2.75) is 32.9 Å². The smallest absolute Gasteiger partial charge is 0.328 e. The molecular weight excluding hydrogens is 374 g/mol. The van der Waals surface area contributed by atoms with Crippen LogP contribution < -0.4 is 10.9 Å². The SMILES string of the molecule is COC(=O)[C@@H](CC(C)C)NC(=O)Cn1cnc2c(cnn2-c2ccccc2)c1=O. The van der Waals surface area contributed by atoms with Gasteiger partial charge in [0.25, 0.3) is 5.56 Å². The number of rotatable bonds is 7. The predicted molar refractivity (Wildman–Crippen MR) is 107 cm³/mol. The molecule has 0 aliphatic rings. The van der Waals surface area contributed by atoms with E-state index in [-0.39, 0.29) is 18.0 Å². The molecule has 9 heteroatoms. The largest absolute Gasteiger partial charge is 0.467 e. The van der Waals surface area contributed by atoms with Crippen molar-refractivity contribution < 1.29 is 14.3 Å². The van der Waals surface area contributed by atoms with Gasteiger partial charge in [-0.3, -0.25) is 14.2 Å². The molecule has 3 aromatic rings. The Labute approximate surface area is 167 Å². The molecule has 0 unspecified atom stereocenters. The Hall–Kier alpha value is -3.49. The lowest BCUT2D eigenvalue weighted by Crippen LogP contribution is -2.44. The Morgan fingerprint density at radius 3 is 2.59 bits per heavy atom. The first-order chi connectivity index (χ1) is 13.9. The van der Waals surface area contributed by atoms with Gasteiger partial charge < -0.3 is 10.1 Å². The van der Waals surface area contributed by atoms with Crippen LogP contribution in [-0.4, -0.2) is 44.4 Å². The molecule has 0 aliphatic heterocycles. The van der Waals surface area contributed by atoms with E-state index in [0.29, 0.717) is 17.5 Å². The Kier molecular flexibility index (Phi) is 6.06. The molecule has 0 saturated heterocycles. The number of hydrogen-bond donors (Lipinski definition) is 1. The molecule has 0 fully saturated rings. The highest BCUT2D eigenvalue weighted by Crippen LogP contribution is 2.13. The van der Waals surface area contributed by atoms with Crippen LogP contribution in [0.1, 0.15) is 20.3 Å². The van der Waals surface area contributed by atoms with Crippen LogP contribution in [0, 0.1) is 5.92 Å². The van der Waals surface area contributed by atoms with Crippen LogP contribution in [0.2, 0.25) is 0 Å². The predicted octanol–water partition coefficient (Wildman–Crippen LogP) is 1.29. The Bertz CT molecular complexity index is 1070. The minimum atomic E-state index is -0.763. The van der Waals surface area contributed by atoms with Gasteiger partial charge in [0.2, 0.25) is 5.91 Å². The van der Waals surface area contributed by atoms with Crippen LogP contribution in [0.3, 0.4) is 0 Å². The number of aromatic nitrogens is 4. The van der Waals surface area contributed by atoms with Gasteiger partial charge in [0.15, 0.2) is 5.65 Å². The van der Waals surface area contributed by atoms with Gasteiger partial charge in [-0.05, 0) is 24.5 Å². The van der Waals surface area contributed by atoms with Gasteiger partial charge in [0.05, 0.1) is 19.0 Å². The average molecular weight is 397 g/mol. The van der Waals surface area contributed by atoms with Crippen LogP contribution in [0.25, 0.3) is 16.7 Å². The van der Waals surface area contributed by atoms with E-state index in [0.717, 1.165) is 5.69 Å². The van der Waals surface area contributed by atoms with Crippen molar-refractivity contribution >= 4 is 22.9 Å². The van der Waals surface area contributed by atoms with Crippen molar-refractivity contribution in [1.29, 1.82) is 0 Å². The van der Waals surface area contributed by atoms with Gasteiger partial charge in [-0.25, -0.2) is 14.5 Å². The van der Waals surface area contributed by atoms with Crippen molar-refractivity contribution in [3.05, 3.63) is 53.2 Å². The van der Waals surface area contributed by atoms with Gasteiger partial charge in [-0.1, -0.05) is 32.0 Å². The van der Waals surface area contributed by atoms with Crippen molar-refractivity contribution in [1.82, 2.24) is 24.6 Å². The van der Waals surface area contributed by atoms with Gasteiger partial charge in [0, 0.05) is 0 Å². The van der Waals surface area contributed by atoms with Crippen LogP contribution in [-0.2, 0) is 20.9 Å². The van der Waals surface area contributed by atoms with Crippen LogP contribution in [0.15, 0.2) is 47.7 Å². The molecule has 1 amide bonds. The van der Waals surface area contributed by atoms with Crippen LogP contribution in [0.5, 0.6) is 0 Å². The highest BCUT2D eigenvalue weighted by atomic mass is 16.5. The van der Waals surface area contributed by atoms with Gasteiger partial charge in [-0.15, -0.1) is 0 Å². The lowest BCUT2D eigenvalue weighted by molar-refractivity contribution is -0.145. The monoisotopic (exact) mass is 397 g/mol. The van der Waals surface area contributed by atoms with Crippen molar-refractivity contribution in [3.8, 4) is 5.69 Å². The Morgan fingerprint density at radius 1 is 1.21 bits per heavy atom. The molecule has 1 atom stereocenters. The molecule has 1 aromatic carbocycles. The zero-order chi connectivity index (χ0) is 21.0. The zero-order valence-electron chi connectivity index (χ0n) is 16.5.